The maximum atomic E-state index is 10.4. The number of aliphatic carboxylic acids is 1. The van der Waals surface area contributed by atoms with Crippen molar-refractivity contribution in [3.63, 3.8) is 0 Å². The lowest BCUT2D eigenvalue weighted by atomic mass is 9.95. The number of carbonyl (C=O) groups is 1. The highest BCUT2D eigenvalue weighted by Crippen LogP contribution is 2.12. The van der Waals surface area contributed by atoms with Gasteiger partial charge in [0.1, 0.15) is 0 Å². The summed E-state index contributed by atoms with van der Waals surface area (Å²) in [5.41, 5.74) is 6.83. The van der Waals surface area contributed by atoms with Crippen molar-refractivity contribution < 1.29 is 9.90 Å². The summed E-state index contributed by atoms with van der Waals surface area (Å²) in [5, 5.41) is 8.58. The zero-order valence-corrected chi connectivity index (χ0v) is 8.73. The van der Waals surface area contributed by atoms with E-state index in [1.54, 1.807) is 0 Å². The molecule has 0 saturated heterocycles. The minimum absolute atomic E-state index is 0.203. The van der Waals surface area contributed by atoms with Gasteiger partial charge in [-0.15, -0.1) is 0 Å². The van der Waals surface area contributed by atoms with Gasteiger partial charge in [-0.2, -0.15) is 0 Å². The topological polar surface area (TPSA) is 63.3 Å². The van der Waals surface area contributed by atoms with E-state index < -0.39 is 5.97 Å². The van der Waals surface area contributed by atoms with Crippen LogP contribution < -0.4 is 5.73 Å². The van der Waals surface area contributed by atoms with Crippen LogP contribution in [0.25, 0.3) is 0 Å². The van der Waals surface area contributed by atoms with E-state index in [1.165, 1.54) is 5.56 Å². The lowest BCUT2D eigenvalue weighted by molar-refractivity contribution is -0.137. The fourth-order valence-corrected chi connectivity index (χ4v) is 1.58. The van der Waals surface area contributed by atoms with Crippen LogP contribution in [0.3, 0.4) is 0 Å². The normalized spacial score (nSPS) is 12.3. The van der Waals surface area contributed by atoms with E-state index in [-0.39, 0.29) is 12.3 Å². The summed E-state index contributed by atoms with van der Waals surface area (Å²) >= 11 is 0. The fraction of sp³-hybridized carbons (Fsp3) is 0.417. The molecule has 0 aromatic heterocycles. The van der Waals surface area contributed by atoms with Crippen molar-refractivity contribution in [3.8, 4) is 0 Å². The SMILES string of the molecule is NCC(CCC(=O)O)Cc1ccccc1. The molecule has 3 N–H and O–H groups in total. The van der Waals surface area contributed by atoms with E-state index >= 15 is 0 Å². The van der Waals surface area contributed by atoms with Crippen LogP contribution >= 0.6 is 0 Å². The van der Waals surface area contributed by atoms with Gasteiger partial charge in [-0.3, -0.25) is 4.79 Å². The first-order valence-corrected chi connectivity index (χ1v) is 5.18. The van der Waals surface area contributed by atoms with E-state index in [4.69, 9.17) is 10.8 Å². The first-order valence-electron chi connectivity index (χ1n) is 5.18. The van der Waals surface area contributed by atoms with Crippen molar-refractivity contribution in [2.24, 2.45) is 11.7 Å². The summed E-state index contributed by atoms with van der Waals surface area (Å²) < 4.78 is 0. The van der Waals surface area contributed by atoms with Crippen LogP contribution in [0, 0.1) is 5.92 Å². The Hall–Kier alpha value is -1.35. The van der Waals surface area contributed by atoms with Crippen LogP contribution in [0.15, 0.2) is 30.3 Å². The maximum Gasteiger partial charge on any atom is 0.303 e. The van der Waals surface area contributed by atoms with E-state index in [2.05, 4.69) is 0 Å². The third kappa shape index (κ3) is 4.61. The number of rotatable bonds is 6. The van der Waals surface area contributed by atoms with Gasteiger partial charge in [0.15, 0.2) is 0 Å². The highest BCUT2D eigenvalue weighted by atomic mass is 16.4. The molecule has 3 nitrogen and oxygen atoms in total. The Labute approximate surface area is 89.9 Å². The molecule has 1 atom stereocenters. The second-order valence-electron chi connectivity index (χ2n) is 3.72. The molecule has 0 saturated carbocycles. The number of benzene rings is 1. The molecule has 0 radical (unpaired) electrons. The second kappa shape index (κ2) is 6.19. The van der Waals surface area contributed by atoms with Crippen LogP contribution in [0.4, 0.5) is 0 Å². The van der Waals surface area contributed by atoms with Crippen molar-refractivity contribution in [2.75, 3.05) is 6.54 Å². The molecule has 0 bridgehead atoms. The molecule has 0 aliphatic rings. The van der Waals surface area contributed by atoms with Crippen LogP contribution in [-0.2, 0) is 11.2 Å². The lowest BCUT2D eigenvalue weighted by Crippen LogP contribution is -2.18. The Balaban J connectivity index is 2.43. The van der Waals surface area contributed by atoms with Gasteiger partial charge in [0.25, 0.3) is 0 Å². The number of hydrogen-bond acceptors (Lipinski definition) is 2. The number of carboxylic acid groups (broad SMARTS) is 1. The summed E-state index contributed by atoms with van der Waals surface area (Å²) in [6, 6.07) is 10.0. The molecule has 1 unspecified atom stereocenters. The summed E-state index contributed by atoms with van der Waals surface area (Å²) in [4.78, 5) is 10.4. The minimum Gasteiger partial charge on any atom is -0.481 e. The van der Waals surface area contributed by atoms with Gasteiger partial charge in [-0.25, -0.2) is 0 Å². The van der Waals surface area contributed by atoms with E-state index in [0.29, 0.717) is 13.0 Å². The molecule has 0 aliphatic carbocycles. The molecular weight excluding hydrogens is 190 g/mol. The predicted molar refractivity (Wildman–Crippen MR) is 59.6 cm³/mol. The van der Waals surface area contributed by atoms with E-state index in [9.17, 15) is 4.79 Å². The van der Waals surface area contributed by atoms with Crippen molar-refractivity contribution in [1.82, 2.24) is 0 Å². The molecule has 1 rings (SSSR count). The second-order valence-corrected chi connectivity index (χ2v) is 3.72. The molecule has 82 valence electrons. The monoisotopic (exact) mass is 207 g/mol. The van der Waals surface area contributed by atoms with Crippen LogP contribution in [0.2, 0.25) is 0 Å². The summed E-state index contributed by atoms with van der Waals surface area (Å²) in [5.74, 6) is -0.481. The van der Waals surface area contributed by atoms with Crippen molar-refractivity contribution in [2.45, 2.75) is 19.3 Å². The van der Waals surface area contributed by atoms with E-state index in [1.807, 2.05) is 30.3 Å². The molecular formula is C12H17NO2. The molecule has 1 aromatic rings. The van der Waals surface area contributed by atoms with Gasteiger partial charge >= 0.3 is 5.97 Å². The predicted octanol–water partition coefficient (Wildman–Crippen LogP) is 1.67. The van der Waals surface area contributed by atoms with Crippen molar-refractivity contribution in [3.05, 3.63) is 35.9 Å². The van der Waals surface area contributed by atoms with Gasteiger partial charge in [0, 0.05) is 6.42 Å². The Morgan fingerprint density at radius 3 is 2.53 bits per heavy atom. The zero-order valence-electron chi connectivity index (χ0n) is 8.73. The first-order chi connectivity index (χ1) is 7.22. The highest BCUT2D eigenvalue weighted by Gasteiger charge is 2.09. The molecule has 15 heavy (non-hydrogen) atoms. The third-order valence-electron chi connectivity index (χ3n) is 2.47. The number of hydrogen-bond donors (Lipinski definition) is 2. The molecule has 0 spiro atoms. The molecule has 0 fully saturated rings. The number of nitrogens with two attached hydrogens (primary N) is 1. The molecule has 0 heterocycles. The minimum atomic E-state index is -0.749. The van der Waals surface area contributed by atoms with Gasteiger partial charge in [0.2, 0.25) is 0 Å². The third-order valence-corrected chi connectivity index (χ3v) is 2.47. The highest BCUT2D eigenvalue weighted by molar-refractivity contribution is 5.66. The van der Waals surface area contributed by atoms with Gasteiger partial charge in [-0.05, 0) is 30.9 Å². The number of carboxylic acids is 1. The molecule has 0 aliphatic heterocycles. The first kappa shape index (κ1) is 11.7. The summed E-state index contributed by atoms with van der Waals surface area (Å²) in [6.07, 6.45) is 1.72. The van der Waals surface area contributed by atoms with Crippen molar-refractivity contribution >= 4 is 5.97 Å². The largest absolute Gasteiger partial charge is 0.481 e. The van der Waals surface area contributed by atoms with E-state index in [0.717, 1.165) is 6.42 Å². The molecule has 1 aromatic carbocycles. The fourth-order valence-electron chi connectivity index (χ4n) is 1.58. The lowest BCUT2D eigenvalue weighted by Gasteiger charge is -2.13. The standard InChI is InChI=1S/C12H17NO2/c13-9-11(6-7-12(14)15)8-10-4-2-1-3-5-10/h1-5,11H,6-9,13H2,(H,14,15). The Morgan fingerprint density at radius 1 is 1.33 bits per heavy atom. The van der Waals surface area contributed by atoms with Crippen LogP contribution in [0.5, 0.6) is 0 Å². The van der Waals surface area contributed by atoms with Gasteiger partial charge in [0.05, 0.1) is 0 Å². The Kier molecular flexibility index (Phi) is 4.84. The average molecular weight is 207 g/mol. The molecule has 3 heteroatoms. The average Bonchev–Trinajstić information content (AvgIpc) is 2.25. The Morgan fingerprint density at radius 2 is 2.00 bits per heavy atom. The van der Waals surface area contributed by atoms with Crippen LogP contribution in [0.1, 0.15) is 18.4 Å². The smallest absolute Gasteiger partial charge is 0.303 e. The van der Waals surface area contributed by atoms with Gasteiger partial charge in [-0.1, -0.05) is 30.3 Å². The summed E-state index contributed by atoms with van der Waals surface area (Å²) in [7, 11) is 0. The quantitative estimate of drug-likeness (QED) is 0.745. The summed E-state index contributed by atoms with van der Waals surface area (Å²) in [6.45, 7) is 0.544. The maximum absolute atomic E-state index is 10.4. The van der Waals surface area contributed by atoms with Crippen LogP contribution in [-0.4, -0.2) is 17.6 Å². The zero-order chi connectivity index (χ0) is 11.1. The Bertz CT molecular complexity index is 298. The van der Waals surface area contributed by atoms with Gasteiger partial charge < -0.3 is 10.8 Å². The van der Waals surface area contributed by atoms with Crippen molar-refractivity contribution in [1.29, 1.82) is 0 Å². The molecule has 0 amide bonds.